The zero-order valence-corrected chi connectivity index (χ0v) is 8.34. The quantitative estimate of drug-likeness (QED) is 0.667. The summed E-state index contributed by atoms with van der Waals surface area (Å²) in [5.74, 6) is 1.87. The number of fused-ring (bicyclic) bond motifs is 1. The maximum absolute atomic E-state index is 11.3. The molecule has 2 N–H and O–H groups in total. The van der Waals surface area contributed by atoms with Gasteiger partial charge in [0, 0.05) is 12.1 Å². The largest absolute Gasteiger partial charge is 0.336 e. The first kappa shape index (κ1) is 8.85. The van der Waals surface area contributed by atoms with Gasteiger partial charge >= 0.3 is 6.03 Å². The normalized spacial score (nSPS) is 35.8. The van der Waals surface area contributed by atoms with Crippen molar-refractivity contribution < 1.29 is 4.79 Å². The molecule has 2 aliphatic carbocycles. The monoisotopic (exact) mass is 182 g/mol. The number of carbonyl (C=O) groups is 1. The Bertz CT molecular complexity index is 205. The van der Waals surface area contributed by atoms with Crippen LogP contribution in [0.4, 0.5) is 4.79 Å². The smallest absolute Gasteiger partial charge is 0.315 e. The van der Waals surface area contributed by atoms with Crippen LogP contribution in [0.25, 0.3) is 0 Å². The van der Waals surface area contributed by atoms with E-state index < -0.39 is 0 Å². The molecule has 2 rings (SSSR count). The summed E-state index contributed by atoms with van der Waals surface area (Å²) in [5, 5.41) is 5.87. The molecule has 3 heteroatoms. The minimum Gasteiger partial charge on any atom is -0.336 e. The van der Waals surface area contributed by atoms with Gasteiger partial charge in [0.25, 0.3) is 0 Å². The zero-order valence-electron chi connectivity index (χ0n) is 8.34. The maximum atomic E-state index is 11.3. The fourth-order valence-electron chi connectivity index (χ4n) is 2.32. The lowest BCUT2D eigenvalue weighted by atomic mass is 10.2. The molecule has 0 saturated heterocycles. The summed E-state index contributed by atoms with van der Waals surface area (Å²) in [6.45, 7) is 3.96. The highest BCUT2D eigenvalue weighted by Crippen LogP contribution is 2.51. The number of hydrogen-bond acceptors (Lipinski definition) is 1. The molecule has 0 aliphatic heterocycles. The average molecular weight is 182 g/mol. The van der Waals surface area contributed by atoms with Crippen LogP contribution in [0, 0.1) is 11.8 Å². The highest BCUT2D eigenvalue weighted by molar-refractivity contribution is 5.74. The Morgan fingerprint density at radius 1 is 1.23 bits per heavy atom. The predicted octanol–water partition coefficient (Wildman–Crippen LogP) is 1.49. The van der Waals surface area contributed by atoms with Crippen LogP contribution in [0.1, 0.15) is 33.1 Å². The molecule has 2 atom stereocenters. The Morgan fingerprint density at radius 2 is 1.85 bits per heavy atom. The van der Waals surface area contributed by atoms with E-state index in [9.17, 15) is 4.79 Å². The topological polar surface area (TPSA) is 41.1 Å². The molecule has 0 aromatic heterocycles. The van der Waals surface area contributed by atoms with Crippen molar-refractivity contribution in [2.75, 3.05) is 0 Å². The van der Waals surface area contributed by atoms with E-state index in [2.05, 4.69) is 10.6 Å². The summed E-state index contributed by atoms with van der Waals surface area (Å²) in [6, 6.07) is 0.680. The average Bonchev–Trinajstić information content (AvgIpc) is 2.57. The third kappa shape index (κ3) is 2.14. The molecule has 2 aliphatic rings. The van der Waals surface area contributed by atoms with Crippen molar-refractivity contribution in [1.29, 1.82) is 0 Å². The van der Waals surface area contributed by atoms with Gasteiger partial charge in [0.2, 0.25) is 0 Å². The van der Waals surface area contributed by atoms with Gasteiger partial charge in [0.05, 0.1) is 0 Å². The maximum Gasteiger partial charge on any atom is 0.315 e. The van der Waals surface area contributed by atoms with E-state index in [1.165, 1.54) is 19.3 Å². The molecule has 0 radical (unpaired) electrons. The van der Waals surface area contributed by atoms with Crippen LogP contribution in [0.3, 0.4) is 0 Å². The second-order valence-electron chi connectivity index (χ2n) is 4.70. The Balaban J connectivity index is 1.69. The highest BCUT2D eigenvalue weighted by Gasteiger charge is 2.46. The Hall–Kier alpha value is -0.730. The van der Waals surface area contributed by atoms with E-state index in [-0.39, 0.29) is 12.1 Å². The first-order valence-corrected chi connectivity index (χ1v) is 5.22. The van der Waals surface area contributed by atoms with Crippen LogP contribution in [-0.4, -0.2) is 18.1 Å². The first-order valence-electron chi connectivity index (χ1n) is 5.22. The minimum atomic E-state index is 0.00120. The van der Waals surface area contributed by atoms with Crippen LogP contribution in [-0.2, 0) is 0 Å². The second-order valence-corrected chi connectivity index (χ2v) is 4.70. The van der Waals surface area contributed by atoms with Gasteiger partial charge in [-0.25, -0.2) is 4.79 Å². The molecule has 3 nitrogen and oxygen atoms in total. The van der Waals surface area contributed by atoms with Gasteiger partial charge in [-0.3, -0.25) is 0 Å². The summed E-state index contributed by atoms with van der Waals surface area (Å²) < 4.78 is 0. The summed E-state index contributed by atoms with van der Waals surface area (Å²) >= 11 is 0. The van der Waals surface area contributed by atoms with Crippen molar-refractivity contribution >= 4 is 6.03 Å². The van der Waals surface area contributed by atoms with E-state index in [1.54, 1.807) is 0 Å². The van der Waals surface area contributed by atoms with Crippen molar-refractivity contribution in [2.24, 2.45) is 11.8 Å². The molecule has 74 valence electrons. The lowest BCUT2D eigenvalue weighted by Gasteiger charge is -2.16. The number of amides is 2. The van der Waals surface area contributed by atoms with Crippen LogP contribution >= 0.6 is 0 Å². The van der Waals surface area contributed by atoms with Crippen LogP contribution in [0.2, 0.25) is 0 Å². The molecule has 0 heterocycles. The van der Waals surface area contributed by atoms with Crippen molar-refractivity contribution in [2.45, 2.75) is 45.2 Å². The SMILES string of the molecule is CC(C)NC(=O)NC1CC2CC2C1. The van der Waals surface area contributed by atoms with E-state index >= 15 is 0 Å². The molecule has 2 amide bonds. The molecule has 0 bridgehead atoms. The lowest BCUT2D eigenvalue weighted by Crippen LogP contribution is -2.44. The van der Waals surface area contributed by atoms with Crippen LogP contribution < -0.4 is 10.6 Å². The van der Waals surface area contributed by atoms with Gasteiger partial charge in [-0.15, -0.1) is 0 Å². The predicted molar refractivity (Wildman–Crippen MR) is 51.4 cm³/mol. The van der Waals surface area contributed by atoms with Crippen molar-refractivity contribution in [1.82, 2.24) is 10.6 Å². The van der Waals surface area contributed by atoms with Crippen molar-refractivity contribution in [3.8, 4) is 0 Å². The third-order valence-corrected chi connectivity index (χ3v) is 3.00. The number of nitrogens with one attached hydrogen (secondary N) is 2. The molecule has 2 fully saturated rings. The van der Waals surface area contributed by atoms with Crippen molar-refractivity contribution in [3.63, 3.8) is 0 Å². The summed E-state index contributed by atoms with van der Waals surface area (Å²) in [6.07, 6.45) is 3.82. The van der Waals surface area contributed by atoms with Gasteiger partial charge in [0.15, 0.2) is 0 Å². The molecule has 13 heavy (non-hydrogen) atoms. The Labute approximate surface area is 79.3 Å². The molecule has 2 unspecified atom stereocenters. The molecular formula is C10H18N2O. The summed E-state index contributed by atoms with van der Waals surface area (Å²) in [4.78, 5) is 11.3. The summed E-state index contributed by atoms with van der Waals surface area (Å²) in [7, 11) is 0. The van der Waals surface area contributed by atoms with Gasteiger partial charge in [-0.1, -0.05) is 0 Å². The van der Waals surface area contributed by atoms with Gasteiger partial charge in [0.1, 0.15) is 0 Å². The number of hydrogen-bond donors (Lipinski definition) is 2. The van der Waals surface area contributed by atoms with E-state index in [4.69, 9.17) is 0 Å². The molecule has 0 aromatic carbocycles. The van der Waals surface area contributed by atoms with Crippen LogP contribution in [0.5, 0.6) is 0 Å². The number of carbonyl (C=O) groups excluding carboxylic acids is 1. The van der Waals surface area contributed by atoms with E-state index in [1.807, 2.05) is 13.8 Å². The zero-order chi connectivity index (χ0) is 9.42. The molecule has 0 aromatic rings. The Kier molecular flexibility index (Phi) is 2.18. The summed E-state index contributed by atoms with van der Waals surface area (Å²) in [5.41, 5.74) is 0. The lowest BCUT2D eigenvalue weighted by molar-refractivity contribution is 0.234. The highest BCUT2D eigenvalue weighted by atomic mass is 16.2. The van der Waals surface area contributed by atoms with Gasteiger partial charge in [-0.05, 0) is 44.9 Å². The minimum absolute atomic E-state index is 0.00120. The molecule has 2 saturated carbocycles. The Morgan fingerprint density at radius 3 is 2.38 bits per heavy atom. The third-order valence-electron chi connectivity index (χ3n) is 3.00. The van der Waals surface area contributed by atoms with Crippen LogP contribution in [0.15, 0.2) is 0 Å². The van der Waals surface area contributed by atoms with Crippen molar-refractivity contribution in [3.05, 3.63) is 0 Å². The number of urea groups is 1. The standard InChI is InChI=1S/C10H18N2O/c1-6(2)11-10(13)12-9-4-7-3-8(7)5-9/h6-9H,3-5H2,1-2H3,(H2,11,12,13). The fraction of sp³-hybridized carbons (Fsp3) is 0.900. The van der Waals surface area contributed by atoms with Gasteiger partial charge in [-0.2, -0.15) is 0 Å². The molecule has 0 spiro atoms. The van der Waals surface area contributed by atoms with E-state index in [0.717, 1.165) is 11.8 Å². The second kappa shape index (κ2) is 3.20. The molecular weight excluding hydrogens is 164 g/mol. The number of rotatable bonds is 2. The van der Waals surface area contributed by atoms with E-state index in [0.29, 0.717) is 6.04 Å². The van der Waals surface area contributed by atoms with Gasteiger partial charge < -0.3 is 10.6 Å². The fourth-order valence-corrected chi connectivity index (χ4v) is 2.32. The first-order chi connectivity index (χ1) is 6.15.